The van der Waals surface area contributed by atoms with Crippen molar-refractivity contribution in [3.05, 3.63) is 145 Å². The van der Waals surface area contributed by atoms with Crippen molar-refractivity contribution in [3.8, 4) is 28.3 Å². The maximum absolute atomic E-state index is 7.80. The molecule has 0 aliphatic carbocycles. The van der Waals surface area contributed by atoms with E-state index >= 15 is 0 Å². The number of aromatic nitrogens is 3. The molecule has 5 aromatic carbocycles. The Labute approximate surface area is 313 Å². The predicted molar refractivity (Wildman–Crippen MR) is 207 cm³/mol. The van der Waals surface area contributed by atoms with Gasteiger partial charge in [-0.1, -0.05) is 128 Å². The van der Waals surface area contributed by atoms with Gasteiger partial charge >= 0.3 is 0 Å². The molecule has 3 aromatic heterocycles. The number of imidazole rings is 1. The van der Waals surface area contributed by atoms with Crippen LogP contribution in [0.1, 0.15) is 29.1 Å². The molecule has 0 bridgehead atoms. The Morgan fingerprint density at radius 3 is 2.42 bits per heavy atom. The van der Waals surface area contributed by atoms with E-state index in [-0.39, 0.29) is 25.7 Å². The van der Waals surface area contributed by atoms with Crippen molar-refractivity contribution < 1.29 is 28.6 Å². The fourth-order valence-corrected chi connectivity index (χ4v) is 8.05. The molecule has 0 fully saturated rings. The summed E-state index contributed by atoms with van der Waals surface area (Å²) in [6.45, 7) is 9.52. The molecule has 0 atom stereocenters. The van der Waals surface area contributed by atoms with Gasteiger partial charge in [-0.15, -0.1) is 35.9 Å². The van der Waals surface area contributed by atoms with Crippen molar-refractivity contribution in [1.29, 1.82) is 0 Å². The SMILES string of the molecule is CC(C)Cc1cc(-c2[c-]cccc2)ncc1[Si](C)(C)C.[2H]C([2H])([2H])c1ccc2o[c-]c(-c3nc4ccccc4n3-c3cccc4ccccc34)c2c1.[Ir]. The molecule has 253 valence electrons. The number of benzene rings is 5. The van der Waals surface area contributed by atoms with E-state index < -0.39 is 14.9 Å². The number of fused-ring (bicyclic) bond motifs is 3. The quantitative estimate of drug-likeness (QED) is 0.124. The van der Waals surface area contributed by atoms with E-state index in [0.717, 1.165) is 45.2 Å². The van der Waals surface area contributed by atoms with Gasteiger partial charge in [0.2, 0.25) is 0 Å². The molecule has 1 radical (unpaired) electrons. The number of rotatable bonds is 6. The summed E-state index contributed by atoms with van der Waals surface area (Å²) in [4.78, 5) is 9.60. The van der Waals surface area contributed by atoms with E-state index in [1.165, 1.54) is 10.8 Å². The fourth-order valence-electron chi connectivity index (χ4n) is 6.46. The van der Waals surface area contributed by atoms with Gasteiger partial charge in [0.15, 0.2) is 0 Å². The molecule has 0 saturated heterocycles. The molecule has 0 spiro atoms. The van der Waals surface area contributed by atoms with Crippen LogP contribution in [0.5, 0.6) is 0 Å². The van der Waals surface area contributed by atoms with Crippen LogP contribution >= 0.6 is 0 Å². The van der Waals surface area contributed by atoms with Gasteiger partial charge < -0.3 is 14.0 Å². The largest absolute Gasteiger partial charge is 0.557 e. The average Bonchev–Trinajstić information content (AvgIpc) is 3.72. The van der Waals surface area contributed by atoms with E-state index in [1.807, 2.05) is 60.7 Å². The zero-order chi connectivity index (χ0) is 36.6. The minimum atomic E-state index is -2.21. The summed E-state index contributed by atoms with van der Waals surface area (Å²) in [6, 6.07) is 40.9. The summed E-state index contributed by atoms with van der Waals surface area (Å²) in [7, 11) is -1.34. The summed E-state index contributed by atoms with van der Waals surface area (Å²) in [5.41, 5.74) is 7.85. The van der Waals surface area contributed by atoms with Gasteiger partial charge in [-0.3, -0.25) is 4.98 Å². The first-order chi connectivity index (χ1) is 24.9. The third-order valence-corrected chi connectivity index (χ3v) is 10.8. The molecular weight excluding hydrogens is 807 g/mol. The van der Waals surface area contributed by atoms with Crippen LogP contribution in [0.25, 0.3) is 61.1 Å². The van der Waals surface area contributed by atoms with Crippen LogP contribution in [-0.2, 0) is 26.5 Å². The van der Waals surface area contributed by atoms with E-state index in [9.17, 15) is 0 Å². The molecule has 8 rings (SSSR count). The molecular formula is C44H41IrN3OSi-2. The Morgan fingerprint density at radius 1 is 0.860 bits per heavy atom. The van der Waals surface area contributed by atoms with Crippen molar-refractivity contribution in [3.63, 3.8) is 0 Å². The van der Waals surface area contributed by atoms with Crippen LogP contribution in [0.4, 0.5) is 0 Å². The second-order valence-electron chi connectivity index (χ2n) is 13.9. The van der Waals surface area contributed by atoms with Crippen LogP contribution in [0.2, 0.25) is 19.6 Å². The second kappa shape index (κ2) is 14.7. The van der Waals surface area contributed by atoms with E-state index in [1.54, 1.807) is 18.2 Å². The van der Waals surface area contributed by atoms with Crippen molar-refractivity contribution in [1.82, 2.24) is 14.5 Å². The fraction of sp³-hybridized carbons (Fsp3) is 0.182. The molecule has 0 N–H and O–H groups in total. The van der Waals surface area contributed by atoms with Gasteiger partial charge in [-0.2, -0.15) is 0 Å². The maximum atomic E-state index is 7.80. The first-order valence-electron chi connectivity index (χ1n) is 18.3. The van der Waals surface area contributed by atoms with Gasteiger partial charge in [0.1, 0.15) is 0 Å². The molecule has 50 heavy (non-hydrogen) atoms. The van der Waals surface area contributed by atoms with Crippen molar-refractivity contribution in [2.45, 2.75) is 46.8 Å². The monoisotopic (exact) mass is 851 g/mol. The Hall–Kier alpha value is -4.61. The first-order valence-corrected chi connectivity index (χ1v) is 20.3. The number of hydrogen-bond acceptors (Lipinski definition) is 3. The van der Waals surface area contributed by atoms with Crippen LogP contribution in [0.15, 0.2) is 126 Å². The molecule has 0 aliphatic heterocycles. The van der Waals surface area contributed by atoms with Crippen LogP contribution in [-0.4, -0.2) is 22.6 Å². The molecule has 0 aliphatic rings. The number of nitrogens with zero attached hydrogens (tertiary/aromatic N) is 3. The second-order valence-corrected chi connectivity index (χ2v) is 18.9. The molecule has 0 saturated carbocycles. The van der Waals surface area contributed by atoms with Gasteiger partial charge in [0.05, 0.1) is 24.9 Å². The summed E-state index contributed by atoms with van der Waals surface area (Å²) >= 11 is 0. The maximum Gasteiger partial charge on any atom is 0.0798 e. The van der Waals surface area contributed by atoms with E-state index in [2.05, 4.69) is 98.0 Å². The third-order valence-electron chi connectivity index (χ3n) is 8.71. The Morgan fingerprint density at radius 2 is 1.64 bits per heavy atom. The predicted octanol–water partition coefficient (Wildman–Crippen LogP) is 11.0. The standard InChI is InChI=1S/C26H17N2O.C18H24NSi.Ir/c1-17-13-14-25-20(15-17)21(16-29-25)26-27-22-10-4-5-11-24(22)28(26)23-12-6-8-18-7-2-3-9-19(18)23;1-14(2)11-16-12-17(15-9-7-6-8-10-15)19-13-18(16)20(3,4)5;/h2-15H,1H3;6-9,12-14H,11H2,1-5H3;/q2*-1;/i1D3;;. The van der Waals surface area contributed by atoms with Gasteiger partial charge in [-0.25, -0.2) is 0 Å². The van der Waals surface area contributed by atoms with Gasteiger partial charge in [-0.05, 0) is 53.7 Å². The Kier molecular flexibility index (Phi) is 9.22. The average molecular weight is 851 g/mol. The minimum absolute atomic E-state index is 0. The summed E-state index contributed by atoms with van der Waals surface area (Å²) in [5, 5.41) is 4.39. The van der Waals surface area contributed by atoms with Crippen molar-refractivity contribution in [2.24, 2.45) is 5.92 Å². The normalized spacial score (nSPS) is 12.6. The van der Waals surface area contributed by atoms with Crippen LogP contribution in [0, 0.1) is 25.1 Å². The number of aryl methyl sites for hydroxylation is 1. The van der Waals surface area contributed by atoms with Gasteiger partial charge in [0.25, 0.3) is 0 Å². The summed E-state index contributed by atoms with van der Waals surface area (Å²) in [5.74, 6) is 1.32. The number of para-hydroxylation sites is 2. The topological polar surface area (TPSA) is 43.9 Å². The number of pyridine rings is 1. The zero-order valence-electron chi connectivity index (χ0n) is 31.9. The van der Waals surface area contributed by atoms with Gasteiger partial charge in [0, 0.05) is 53.3 Å². The molecule has 4 nitrogen and oxygen atoms in total. The number of furan rings is 1. The molecule has 3 heterocycles. The molecule has 0 amide bonds. The smallest absolute Gasteiger partial charge is 0.0798 e. The number of hydrogen-bond donors (Lipinski definition) is 0. The first kappa shape index (κ1) is 31.4. The van der Waals surface area contributed by atoms with E-state index in [0.29, 0.717) is 28.3 Å². The third kappa shape index (κ3) is 7.15. The van der Waals surface area contributed by atoms with Crippen LogP contribution in [0.3, 0.4) is 0 Å². The molecule has 0 unspecified atom stereocenters. The van der Waals surface area contributed by atoms with E-state index in [4.69, 9.17) is 13.5 Å². The molecule has 8 aromatic rings. The Bertz CT molecular complexity index is 2510. The molecule has 6 heteroatoms. The summed E-state index contributed by atoms with van der Waals surface area (Å²) in [6.07, 6.45) is 6.22. The Balaban J connectivity index is 0.000000199. The summed E-state index contributed by atoms with van der Waals surface area (Å²) < 4.78 is 31.2. The van der Waals surface area contributed by atoms with Crippen molar-refractivity contribution in [2.75, 3.05) is 0 Å². The zero-order valence-corrected chi connectivity index (χ0v) is 32.3. The minimum Gasteiger partial charge on any atom is -0.557 e. The van der Waals surface area contributed by atoms with Crippen LogP contribution < -0.4 is 5.19 Å². The van der Waals surface area contributed by atoms with Crippen molar-refractivity contribution >= 4 is 46.0 Å².